The Balaban J connectivity index is 0.000000381. The summed E-state index contributed by atoms with van der Waals surface area (Å²) in [5.74, 6) is -0.00861. The SMILES string of the molecule is CO.Cc1ccc(C#N)nc1Br.Cc1ccc(C(=N)N)nc1Br. The van der Waals surface area contributed by atoms with Gasteiger partial charge >= 0.3 is 0 Å². The minimum absolute atomic E-state index is 0.00861. The number of amidine groups is 1. The smallest absolute Gasteiger partial charge is 0.141 e. The van der Waals surface area contributed by atoms with E-state index in [9.17, 15) is 0 Å². The summed E-state index contributed by atoms with van der Waals surface area (Å²) < 4.78 is 1.48. The minimum Gasteiger partial charge on any atom is -0.400 e. The van der Waals surface area contributed by atoms with E-state index in [4.69, 9.17) is 21.5 Å². The maximum atomic E-state index is 8.42. The molecule has 0 unspecified atom stereocenters. The quantitative estimate of drug-likeness (QED) is 0.356. The van der Waals surface area contributed by atoms with Crippen LogP contribution in [0.5, 0.6) is 0 Å². The van der Waals surface area contributed by atoms with Crippen LogP contribution < -0.4 is 5.73 Å². The molecule has 4 N–H and O–H groups in total. The van der Waals surface area contributed by atoms with Crippen LogP contribution in [0, 0.1) is 30.6 Å². The number of rotatable bonds is 1. The molecule has 6 nitrogen and oxygen atoms in total. The number of nitrogens with two attached hydrogens (primary N) is 1. The molecule has 2 rings (SSSR count). The molecule has 122 valence electrons. The van der Waals surface area contributed by atoms with Crippen LogP contribution in [0.2, 0.25) is 0 Å². The van der Waals surface area contributed by atoms with E-state index in [1.807, 2.05) is 32.0 Å². The number of nitriles is 1. The summed E-state index contributed by atoms with van der Waals surface area (Å²) >= 11 is 6.48. The van der Waals surface area contributed by atoms with Crippen molar-refractivity contribution >= 4 is 37.7 Å². The fraction of sp³-hybridized carbons (Fsp3) is 0.200. The van der Waals surface area contributed by atoms with Crippen molar-refractivity contribution in [2.45, 2.75) is 13.8 Å². The first kappa shape index (κ1) is 21.2. The molecule has 0 aliphatic rings. The van der Waals surface area contributed by atoms with Crippen LogP contribution in [-0.2, 0) is 0 Å². The summed E-state index contributed by atoms with van der Waals surface area (Å²) in [6.07, 6.45) is 0. The van der Waals surface area contributed by atoms with Gasteiger partial charge in [0, 0.05) is 7.11 Å². The Hall–Kier alpha value is -1.82. The number of hydrogen-bond donors (Lipinski definition) is 3. The van der Waals surface area contributed by atoms with Crippen molar-refractivity contribution in [1.29, 1.82) is 10.7 Å². The van der Waals surface area contributed by atoms with E-state index in [1.54, 1.807) is 12.1 Å². The van der Waals surface area contributed by atoms with Gasteiger partial charge < -0.3 is 10.8 Å². The number of aliphatic hydroxyl groups is 1. The summed E-state index contributed by atoms with van der Waals surface area (Å²) in [7, 11) is 1.00. The van der Waals surface area contributed by atoms with Gasteiger partial charge in [-0.3, -0.25) is 5.41 Å². The molecule has 0 aliphatic carbocycles. The van der Waals surface area contributed by atoms with E-state index in [0.29, 0.717) is 11.4 Å². The number of aromatic nitrogens is 2. The van der Waals surface area contributed by atoms with Crippen LogP contribution in [0.15, 0.2) is 33.5 Å². The minimum atomic E-state index is -0.00861. The number of pyridine rings is 2. The van der Waals surface area contributed by atoms with Gasteiger partial charge in [-0.2, -0.15) is 5.26 Å². The highest BCUT2D eigenvalue weighted by atomic mass is 79.9. The van der Waals surface area contributed by atoms with Gasteiger partial charge in [-0.25, -0.2) is 9.97 Å². The summed E-state index contributed by atoms with van der Waals surface area (Å²) in [5, 5.41) is 22.5. The van der Waals surface area contributed by atoms with Gasteiger partial charge in [-0.05, 0) is 69.0 Å². The molecular formula is C15H17Br2N5O. The second-order valence-electron chi connectivity index (χ2n) is 4.13. The molecule has 0 saturated heterocycles. The zero-order chi connectivity index (χ0) is 18.0. The zero-order valence-electron chi connectivity index (χ0n) is 12.9. The van der Waals surface area contributed by atoms with E-state index in [-0.39, 0.29) is 5.84 Å². The number of nitrogens with zero attached hydrogens (tertiary/aromatic N) is 3. The molecule has 0 saturated carbocycles. The number of halogens is 2. The monoisotopic (exact) mass is 441 g/mol. The van der Waals surface area contributed by atoms with E-state index < -0.39 is 0 Å². The Morgan fingerprint density at radius 2 is 1.57 bits per heavy atom. The summed E-state index contributed by atoms with van der Waals surface area (Å²) in [6, 6.07) is 9.10. The van der Waals surface area contributed by atoms with Crippen molar-refractivity contribution in [2.75, 3.05) is 7.11 Å². The lowest BCUT2D eigenvalue weighted by atomic mass is 10.3. The van der Waals surface area contributed by atoms with Gasteiger partial charge in [0.15, 0.2) is 0 Å². The van der Waals surface area contributed by atoms with Crippen molar-refractivity contribution in [3.8, 4) is 6.07 Å². The number of aliphatic hydroxyl groups excluding tert-OH is 1. The Labute approximate surface area is 152 Å². The van der Waals surface area contributed by atoms with Crippen LogP contribution >= 0.6 is 31.9 Å². The fourth-order valence-corrected chi connectivity index (χ4v) is 1.87. The molecule has 0 aromatic carbocycles. The normalized spacial score (nSPS) is 8.74. The fourth-order valence-electron chi connectivity index (χ4n) is 1.22. The standard InChI is InChI=1S/C7H8BrN3.C7H5BrN2.CH4O/c1-4-2-3-5(7(9)10)11-6(4)8;1-5-2-3-6(4-9)10-7(5)8;1-2/h2-3H,1H3,(H3,9,10);2-3H,1H3;2H,1H3. The Morgan fingerprint density at radius 3 is 1.96 bits per heavy atom. The second kappa shape index (κ2) is 10.8. The van der Waals surface area contributed by atoms with E-state index in [1.165, 1.54) is 0 Å². The van der Waals surface area contributed by atoms with Crippen LogP contribution in [0.1, 0.15) is 22.5 Å². The molecule has 2 aromatic heterocycles. The van der Waals surface area contributed by atoms with Crippen LogP contribution in [-0.4, -0.2) is 28.0 Å². The Morgan fingerprint density at radius 1 is 1.09 bits per heavy atom. The predicted molar refractivity (Wildman–Crippen MR) is 97.2 cm³/mol. The summed E-state index contributed by atoms with van der Waals surface area (Å²) in [4.78, 5) is 7.99. The van der Waals surface area contributed by atoms with Crippen LogP contribution in [0.25, 0.3) is 0 Å². The molecule has 0 radical (unpaired) electrons. The lowest BCUT2D eigenvalue weighted by Crippen LogP contribution is -2.13. The maximum absolute atomic E-state index is 8.42. The first-order chi connectivity index (χ1) is 10.8. The lowest BCUT2D eigenvalue weighted by Gasteiger charge is -1.99. The third-order valence-electron chi connectivity index (χ3n) is 2.46. The van der Waals surface area contributed by atoms with Crippen molar-refractivity contribution in [3.63, 3.8) is 0 Å². The third-order valence-corrected chi connectivity index (χ3v) is 4.07. The molecule has 0 aliphatic heterocycles. The van der Waals surface area contributed by atoms with Crippen molar-refractivity contribution in [3.05, 3.63) is 56.0 Å². The first-order valence-corrected chi connectivity index (χ1v) is 7.89. The molecule has 2 aromatic rings. The third kappa shape index (κ3) is 7.32. The van der Waals surface area contributed by atoms with Crippen molar-refractivity contribution in [1.82, 2.24) is 9.97 Å². The van der Waals surface area contributed by atoms with Gasteiger partial charge in [0.05, 0.1) is 0 Å². The molecular weight excluding hydrogens is 426 g/mol. The average Bonchev–Trinajstić information content (AvgIpc) is 2.55. The first-order valence-electron chi connectivity index (χ1n) is 6.30. The Bertz CT molecular complexity index is 713. The van der Waals surface area contributed by atoms with Gasteiger partial charge in [0.25, 0.3) is 0 Å². The van der Waals surface area contributed by atoms with Crippen LogP contribution in [0.4, 0.5) is 0 Å². The van der Waals surface area contributed by atoms with E-state index >= 15 is 0 Å². The number of nitrogen functional groups attached to an aromatic ring is 1. The topological polar surface area (TPSA) is 120 Å². The number of hydrogen-bond acceptors (Lipinski definition) is 5. The largest absolute Gasteiger partial charge is 0.400 e. The average molecular weight is 443 g/mol. The van der Waals surface area contributed by atoms with E-state index in [0.717, 1.165) is 27.4 Å². The molecule has 0 fully saturated rings. The van der Waals surface area contributed by atoms with E-state index in [2.05, 4.69) is 41.8 Å². The molecule has 0 atom stereocenters. The van der Waals surface area contributed by atoms with Gasteiger partial charge in [0.2, 0.25) is 0 Å². The van der Waals surface area contributed by atoms with Gasteiger partial charge in [-0.1, -0.05) is 12.1 Å². The molecule has 8 heteroatoms. The molecule has 0 bridgehead atoms. The van der Waals surface area contributed by atoms with Crippen molar-refractivity contribution in [2.24, 2.45) is 5.73 Å². The number of aryl methyl sites for hydroxylation is 2. The Kier molecular flexibility index (Phi) is 9.97. The molecule has 23 heavy (non-hydrogen) atoms. The molecule has 2 heterocycles. The highest BCUT2D eigenvalue weighted by Crippen LogP contribution is 2.13. The van der Waals surface area contributed by atoms with Crippen molar-refractivity contribution < 1.29 is 5.11 Å². The predicted octanol–water partition coefficient (Wildman–Crippen LogP) is 3.07. The molecule has 0 spiro atoms. The zero-order valence-corrected chi connectivity index (χ0v) is 16.1. The second-order valence-corrected chi connectivity index (χ2v) is 5.64. The highest BCUT2D eigenvalue weighted by molar-refractivity contribution is 9.10. The van der Waals surface area contributed by atoms with Gasteiger partial charge in [-0.15, -0.1) is 0 Å². The molecule has 0 amide bonds. The summed E-state index contributed by atoms with van der Waals surface area (Å²) in [6.45, 7) is 3.86. The lowest BCUT2D eigenvalue weighted by molar-refractivity contribution is 0.399. The summed E-state index contributed by atoms with van der Waals surface area (Å²) in [5.41, 5.74) is 8.25. The highest BCUT2D eigenvalue weighted by Gasteiger charge is 2.00. The van der Waals surface area contributed by atoms with Gasteiger partial charge in [0.1, 0.15) is 32.5 Å². The number of nitrogens with one attached hydrogen (secondary N) is 1. The van der Waals surface area contributed by atoms with Crippen LogP contribution in [0.3, 0.4) is 0 Å². The maximum Gasteiger partial charge on any atom is 0.141 e.